The largest absolute Gasteiger partial charge is 0.463 e. The summed E-state index contributed by atoms with van der Waals surface area (Å²) in [6.07, 6.45) is -5.92. The highest BCUT2D eigenvalue weighted by atomic mass is 19.3. The van der Waals surface area contributed by atoms with Crippen LogP contribution in [0.4, 0.5) is 19.4 Å². The second-order valence-electron chi connectivity index (χ2n) is 5.30. The first-order valence-electron chi connectivity index (χ1n) is 7.51. The number of anilines is 1. The minimum Gasteiger partial charge on any atom is -0.463 e. The molecule has 2 heterocycles. The molecule has 1 aromatic rings. The lowest BCUT2D eigenvalue weighted by Gasteiger charge is -2.21. The number of ether oxygens (including phenoxy) is 3. The number of hydrogen-bond acceptors (Lipinski definition) is 8. The van der Waals surface area contributed by atoms with Gasteiger partial charge in [-0.05, 0) is 6.07 Å². The van der Waals surface area contributed by atoms with E-state index >= 15 is 0 Å². The van der Waals surface area contributed by atoms with E-state index in [2.05, 4.69) is 15.0 Å². The highest BCUT2D eigenvalue weighted by molar-refractivity contribution is 5.82. The average Bonchev–Trinajstić information content (AvgIpc) is 2.83. The van der Waals surface area contributed by atoms with E-state index in [0.717, 1.165) is 19.4 Å². The summed E-state index contributed by atoms with van der Waals surface area (Å²) in [7, 11) is 1.09. The Bertz CT molecular complexity index is 739. The monoisotopic (exact) mass is 377 g/mol. The predicted molar refractivity (Wildman–Crippen MR) is 80.6 cm³/mol. The van der Waals surface area contributed by atoms with Crippen molar-refractivity contribution in [3.05, 3.63) is 22.7 Å². The van der Waals surface area contributed by atoms with Gasteiger partial charge in [-0.25, -0.2) is 9.59 Å². The Labute approximate surface area is 145 Å². The van der Waals surface area contributed by atoms with Crippen molar-refractivity contribution in [1.29, 1.82) is 0 Å². The molecule has 2 rings (SSSR count). The van der Waals surface area contributed by atoms with Crippen LogP contribution in [0.5, 0.6) is 0 Å². The van der Waals surface area contributed by atoms with Crippen LogP contribution in [-0.2, 0) is 19.0 Å². The average molecular weight is 377 g/mol. The van der Waals surface area contributed by atoms with Crippen LogP contribution in [0.2, 0.25) is 0 Å². The fraction of sp³-hybridized carbons (Fsp3) is 0.571. The Balaban J connectivity index is 2.20. The number of halogens is 2. The molecule has 2 N–H and O–H groups in total. The molecule has 0 bridgehead atoms. The maximum Gasteiger partial charge on any atom is 0.412 e. The summed E-state index contributed by atoms with van der Waals surface area (Å²) in [6.45, 7) is 0.922. The predicted octanol–water partition coefficient (Wildman–Crippen LogP) is 0.268. The number of aliphatic hydroxyl groups is 1. The third-order valence-corrected chi connectivity index (χ3v) is 3.57. The molecule has 1 saturated heterocycles. The van der Waals surface area contributed by atoms with Crippen molar-refractivity contribution in [1.82, 2.24) is 9.55 Å². The summed E-state index contributed by atoms with van der Waals surface area (Å²) in [4.78, 5) is 37.6. The van der Waals surface area contributed by atoms with Crippen molar-refractivity contribution < 1.29 is 37.7 Å². The number of aliphatic hydroxyl groups excluding tert-OH is 1. The Morgan fingerprint density at radius 2 is 2.19 bits per heavy atom. The van der Waals surface area contributed by atoms with Gasteiger partial charge >= 0.3 is 23.7 Å². The standard InChI is InChI=1S/C14H17F2N3O7/c1-3-9(20)25-6-7-10(21)14(15,16)11(26-7)19-5-4-8(17-12(19)22)18-13(23)24-2/h4-5,7,10-11,21H,3,6H2,1-2H3,(H,17,18,22,23)/t7-,10?,11-/m1/s1. The molecule has 0 spiro atoms. The van der Waals surface area contributed by atoms with E-state index in [4.69, 9.17) is 9.47 Å². The molecule has 1 aromatic heterocycles. The zero-order chi connectivity index (χ0) is 19.5. The molecule has 12 heteroatoms. The Morgan fingerprint density at radius 1 is 1.50 bits per heavy atom. The molecule has 10 nitrogen and oxygen atoms in total. The number of amides is 1. The maximum absolute atomic E-state index is 14.3. The van der Waals surface area contributed by atoms with Crippen LogP contribution in [0.25, 0.3) is 0 Å². The van der Waals surface area contributed by atoms with Gasteiger partial charge in [0.2, 0.25) is 6.23 Å². The lowest BCUT2D eigenvalue weighted by molar-refractivity contribution is -0.150. The molecule has 26 heavy (non-hydrogen) atoms. The molecule has 1 unspecified atom stereocenters. The summed E-state index contributed by atoms with van der Waals surface area (Å²) < 4.78 is 43.1. The van der Waals surface area contributed by atoms with E-state index in [-0.39, 0.29) is 12.2 Å². The van der Waals surface area contributed by atoms with Gasteiger partial charge in [-0.15, -0.1) is 0 Å². The Hall–Kier alpha value is -2.60. The topological polar surface area (TPSA) is 129 Å². The third kappa shape index (κ3) is 3.96. The number of methoxy groups -OCH3 is 1. The number of carbonyl (C=O) groups excluding carboxylic acids is 2. The number of aromatic nitrogens is 2. The second kappa shape index (κ2) is 7.74. The van der Waals surface area contributed by atoms with Crippen molar-refractivity contribution >= 4 is 17.9 Å². The molecule has 0 aliphatic carbocycles. The van der Waals surface area contributed by atoms with Gasteiger partial charge in [0.1, 0.15) is 18.5 Å². The highest BCUT2D eigenvalue weighted by Gasteiger charge is 2.60. The van der Waals surface area contributed by atoms with Crippen molar-refractivity contribution in [2.24, 2.45) is 0 Å². The number of esters is 1. The zero-order valence-electron chi connectivity index (χ0n) is 13.8. The van der Waals surface area contributed by atoms with E-state index in [1.165, 1.54) is 6.92 Å². The van der Waals surface area contributed by atoms with Gasteiger partial charge < -0.3 is 19.3 Å². The lowest BCUT2D eigenvalue weighted by atomic mass is 10.1. The van der Waals surface area contributed by atoms with Crippen molar-refractivity contribution in [2.45, 2.75) is 37.7 Å². The van der Waals surface area contributed by atoms with Crippen molar-refractivity contribution in [2.75, 3.05) is 19.0 Å². The quantitative estimate of drug-likeness (QED) is 0.700. The molecule has 1 fully saturated rings. The van der Waals surface area contributed by atoms with Crippen LogP contribution in [0, 0.1) is 0 Å². The molecule has 1 aliphatic heterocycles. The SMILES string of the molecule is CCC(=O)OC[C@H]1O[C@@H](n2ccc(NC(=O)OC)nc2=O)C(F)(F)C1O. The van der Waals surface area contributed by atoms with Crippen LogP contribution in [0.3, 0.4) is 0 Å². The smallest absolute Gasteiger partial charge is 0.412 e. The molecule has 3 atom stereocenters. The van der Waals surface area contributed by atoms with Gasteiger partial charge in [-0.3, -0.25) is 14.7 Å². The molecule has 1 aliphatic rings. The molecule has 144 valence electrons. The summed E-state index contributed by atoms with van der Waals surface area (Å²) in [5.41, 5.74) is -1.15. The first-order valence-corrected chi connectivity index (χ1v) is 7.51. The minimum absolute atomic E-state index is 0.0284. The molecule has 1 amide bonds. The van der Waals surface area contributed by atoms with Gasteiger partial charge in [0.25, 0.3) is 0 Å². The van der Waals surface area contributed by atoms with Crippen LogP contribution >= 0.6 is 0 Å². The first-order chi connectivity index (χ1) is 12.2. The number of nitrogens with zero attached hydrogens (tertiary/aromatic N) is 2. The fourth-order valence-electron chi connectivity index (χ4n) is 2.20. The van der Waals surface area contributed by atoms with Gasteiger partial charge in [-0.1, -0.05) is 6.92 Å². The molecular formula is C14H17F2N3O7. The Kier molecular flexibility index (Phi) is 5.87. The van der Waals surface area contributed by atoms with Crippen LogP contribution in [-0.4, -0.2) is 58.6 Å². The third-order valence-electron chi connectivity index (χ3n) is 3.57. The van der Waals surface area contributed by atoms with Gasteiger partial charge in [0.05, 0.1) is 7.11 Å². The van der Waals surface area contributed by atoms with E-state index < -0.39 is 48.7 Å². The van der Waals surface area contributed by atoms with E-state index in [0.29, 0.717) is 4.57 Å². The Morgan fingerprint density at radius 3 is 2.77 bits per heavy atom. The van der Waals surface area contributed by atoms with Crippen LogP contribution in [0.15, 0.2) is 17.1 Å². The second-order valence-corrected chi connectivity index (χ2v) is 5.30. The summed E-state index contributed by atoms with van der Waals surface area (Å²) in [6, 6.07) is 1.08. The van der Waals surface area contributed by atoms with Gasteiger partial charge in [-0.2, -0.15) is 13.8 Å². The van der Waals surface area contributed by atoms with Gasteiger partial charge in [0.15, 0.2) is 6.10 Å². The number of rotatable bonds is 5. The summed E-state index contributed by atoms with van der Waals surface area (Å²) in [5.74, 6) is -4.70. The summed E-state index contributed by atoms with van der Waals surface area (Å²) in [5, 5.41) is 11.9. The number of alkyl halides is 2. The van der Waals surface area contributed by atoms with E-state index in [1.54, 1.807) is 0 Å². The van der Waals surface area contributed by atoms with Crippen molar-refractivity contribution in [3.8, 4) is 0 Å². The zero-order valence-corrected chi connectivity index (χ0v) is 13.8. The fourth-order valence-corrected chi connectivity index (χ4v) is 2.20. The number of carbonyl (C=O) groups is 2. The lowest BCUT2D eigenvalue weighted by Crippen LogP contribution is -2.42. The van der Waals surface area contributed by atoms with E-state index in [1.807, 2.05) is 0 Å². The highest BCUT2D eigenvalue weighted by Crippen LogP contribution is 2.42. The molecular weight excluding hydrogens is 360 g/mol. The first kappa shape index (κ1) is 19.7. The van der Waals surface area contributed by atoms with Crippen LogP contribution in [0.1, 0.15) is 19.6 Å². The molecule has 0 saturated carbocycles. The molecule has 0 aromatic carbocycles. The number of hydrogen-bond donors (Lipinski definition) is 2. The number of nitrogens with one attached hydrogen (secondary N) is 1. The van der Waals surface area contributed by atoms with E-state index in [9.17, 15) is 28.3 Å². The maximum atomic E-state index is 14.3. The van der Waals surface area contributed by atoms with Crippen LogP contribution < -0.4 is 11.0 Å². The van der Waals surface area contributed by atoms with Gasteiger partial charge in [0, 0.05) is 12.6 Å². The summed E-state index contributed by atoms with van der Waals surface area (Å²) >= 11 is 0. The minimum atomic E-state index is -3.84. The van der Waals surface area contributed by atoms with Crippen molar-refractivity contribution in [3.63, 3.8) is 0 Å². The molecule has 0 radical (unpaired) electrons. The normalized spacial score (nSPS) is 24.1.